The molecule has 2 unspecified atom stereocenters. The van der Waals surface area contributed by atoms with Crippen LogP contribution in [0.3, 0.4) is 0 Å². The number of carbonyl (C=O) groups excluding carboxylic acids is 2. The van der Waals surface area contributed by atoms with Crippen molar-refractivity contribution in [1.29, 1.82) is 0 Å². The van der Waals surface area contributed by atoms with Gasteiger partial charge in [-0.15, -0.1) is 0 Å². The van der Waals surface area contributed by atoms with Crippen LogP contribution in [0.5, 0.6) is 0 Å². The molecule has 0 aromatic heterocycles. The molecule has 0 saturated heterocycles. The Morgan fingerprint density at radius 1 is 0.963 bits per heavy atom. The lowest BCUT2D eigenvalue weighted by molar-refractivity contribution is -0.150. The number of ketones is 1. The van der Waals surface area contributed by atoms with Crippen LogP contribution in [0.25, 0.3) is 0 Å². The van der Waals surface area contributed by atoms with Gasteiger partial charge in [0.2, 0.25) is 0 Å². The van der Waals surface area contributed by atoms with Gasteiger partial charge in [0, 0.05) is 11.3 Å². The highest BCUT2D eigenvalue weighted by atomic mass is 16.5. The molecular formula is C22H38O5. The molecule has 0 aliphatic heterocycles. The first kappa shape index (κ1) is 23.6. The Kier molecular flexibility index (Phi) is 7.66. The lowest BCUT2D eigenvalue weighted by Crippen LogP contribution is -2.50. The second-order valence-electron chi connectivity index (χ2n) is 10.5. The van der Waals surface area contributed by atoms with E-state index in [9.17, 15) is 14.4 Å². The largest absolute Gasteiger partial charge is 0.481 e. The minimum absolute atomic E-state index is 0.0364. The van der Waals surface area contributed by atoms with E-state index in [0.29, 0.717) is 12.2 Å². The molecule has 1 fully saturated rings. The average molecular weight is 383 g/mol. The summed E-state index contributed by atoms with van der Waals surface area (Å²) in [5.74, 6) is -0.845. The molecule has 27 heavy (non-hydrogen) atoms. The normalized spacial score (nSPS) is 22.5. The third kappa shape index (κ3) is 6.62. The van der Waals surface area contributed by atoms with Crippen LogP contribution in [0.4, 0.5) is 0 Å². The summed E-state index contributed by atoms with van der Waals surface area (Å²) in [6.07, 6.45) is 3.10. The first-order valence-electron chi connectivity index (χ1n) is 10.1. The van der Waals surface area contributed by atoms with Crippen molar-refractivity contribution in [3.05, 3.63) is 0 Å². The van der Waals surface area contributed by atoms with E-state index in [1.807, 2.05) is 0 Å². The van der Waals surface area contributed by atoms with Crippen molar-refractivity contribution in [2.45, 2.75) is 87.0 Å². The highest BCUT2D eigenvalue weighted by molar-refractivity contribution is 5.88. The third-order valence-corrected chi connectivity index (χ3v) is 6.13. The van der Waals surface area contributed by atoms with Gasteiger partial charge < -0.3 is 9.84 Å². The number of Topliss-reactive ketones (excluding diaryl/α,β-unsaturated/α-hetero) is 1. The van der Waals surface area contributed by atoms with Crippen LogP contribution >= 0.6 is 0 Å². The van der Waals surface area contributed by atoms with E-state index in [4.69, 9.17) is 9.84 Å². The molecule has 1 N–H and O–H groups in total. The van der Waals surface area contributed by atoms with Gasteiger partial charge in [0.05, 0.1) is 19.4 Å². The fourth-order valence-corrected chi connectivity index (χ4v) is 4.06. The number of rotatable bonds is 9. The van der Waals surface area contributed by atoms with Gasteiger partial charge in [-0.25, -0.2) is 0 Å². The molecule has 0 spiro atoms. The average Bonchev–Trinajstić information content (AvgIpc) is 2.45. The highest BCUT2D eigenvalue weighted by Gasteiger charge is 2.51. The lowest BCUT2D eigenvalue weighted by Gasteiger charge is -2.49. The van der Waals surface area contributed by atoms with Gasteiger partial charge in [-0.05, 0) is 42.4 Å². The summed E-state index contributed by atoms with van der Waals surface area (Å²) >= 11 is 0. The molecular weight excluding hydrogens is 344 g/mol. The van der Waals surface area contributed by atoms with Gasteiger partial charge in [-0.2, -0.15) is 0 Å². The molecule has 0 bridgehead atoms. The van der Waals surface area contributed by atoms with Crippen molar-refractivity contribution >= 4 is 17.7 Å². The number of carboxylic acid groups (broad SMARTS) is 1. The van der Waals surface area contributed by atoms with E-state index in [1.54, 1.807) is 0 Å². The number of hydrogen-bond donors (Lipinski definition) is 1. The minimum Gasteiger partial charge on any atom is -0.481 e. The molecule has 0 aromatic carbocycles. The molecule has 1 rings (SSSR count). The van der Waals surface area contributed by atoms with Crippen molar-refractivity contribution in [3.8, 4) is 0 Å². The van der Waals surface area contributed by atoms with Gasteiger partial charge in [-0.3, -0.25) is 14.4 Å². The fourth-order valence-electron chi connectivity index (χ4n) is 4.06. The van der Waals surface area contributed by atoms with Gasteiger partial charge in [0.25, 0.3) is 0 Å². The van der Waals surface area contributed by atoms with Crippen LogP contribution < -0.4 is 0 Å². The van der Waals surface area contributed by atoms with Gasteiger partial charge in [0.15, 0.2) is 0 Å². The van der Waals surface area contributed by atoms with Crippen LogP contribution in [0.1, 0.15) is 87.0 Å². The van der Waals surface area contributed by atoms with E-state index in [0.717, 1.165) is 19.3 Å². The van der Waals surface area contributed by atoms with Gasteiger partial charge in [0.1, 0.15) is 5.78 Å². The summed E-state index contributed by atoms with van der Waals surface area (Å²) in [6, 6.07) is 0. The molecule has 1 aliphatic rings. The lowest BCUT2D eigenvalue weighted by atomic mass is 9.54. The quantitative estimate of drug-likeness (QED) is 0.576. The molecule has 5 heteroatoms. The van der Waals surface area contributed by atoms with E-state index >= 15 is 0 Å². The van der Waals surface area contributed by atoms with E-state index in [-0.39, 0.29) is 42.1 Å². The smallest absolute Gasteiger partial charge is 0.306 e. The Morgan fingerprint density at radius 2 is 1.56 bits per heavy atom. The number of carbonyl (C=O) groups is 3. The molecule has 5 nitrogen and oxygen atoms in total. The molecule has 1 aliphatic carbocycles. The van der Waals surface area contributed by atoms with Crippen molar-refractivity contribution in [2.24, 2.45) is 28.1 Å². The number of esters is 1. The van der Waals surface area contributed by atoms with Crippen molar-refractivity contribution in [2.75, 3.05) is 6.61 Å². The summed E-state index contributed by atoms with van der Waals surface area (Å²) in [7, 11) is 0. The Balaban J connectivity index is 2.66. The van der Waals surface area contributed by atoms with Crippen molar-refractivity contribution < 1.29 is 24.2 Å². The second-order valence-corrected chi connectivity index (χ2v) is 10.5. The summed E-state index contributed by atoms with van der Waals surface area (Å²) in [5.41, 5.74) is -0.454. The standard InChI is InChI=1S/C22H38O5/c1-20(2,3)14-22(7,21(4,5)6)19(26)16-9-8-15(16)12-13-27-18(25)11-10-17(23)24/h15-16H,8-14H2,1-7H3,(H,23,24)/t15-,16?,22?/m1/s1. The maximum Gasteiger partial charge on any atom is 0.306 e. The molecule has 0 radical (unpaired) electrons. The van der Waals surface area contributed by atoms with Crippen LogP contribution in [0, 0.1) is 28.1 Å². The summed E-state index contributed by atoms with van der Waals surface area (Å²) in [4.78, 5) is 35.5. The predicted molar refractivity (Wildman–Crippen MR) is 105 cm³/mol. The molecule has 0 heterocycles. The summed E-state index contributed by atoms with van der Waals surface area (Å²) in [5, 5.41) is 8.60. The molecule has 0 amide bonds. The number of carboxylic acids is 1. The van der Waals surface area contributed by atoms with Crippen LogP contribution in [0.15, 0.2) is 0 Å². The van der Waals surface area contributed by atoms with E-state index in [2.05, 4.69) is 48.5 Å². The fraction of sp³-hybridized carbons (Fsp3) is 0.864. The van der Waals surface area contributed by atoms with Gasteiger partial charge >= 0.3 is 11.9 Å². The zero-order valence-electron chi connectivity index (χ0n) is 18.2. The zero-order valence-corrected chi connectivity index (χ0v) is 18.2. The zero-order chi connectivity index (χ0) is 21.0. The third-order valence-electron chi connectivity index (χ3n) is 6.13. The van der Waals surface area contributed by atoms with Crippen LogP contribution in [-0.4, -0.2) is 29.4 Å². The molecule has 1 saturated carbocycles. The monoisotopic (exact) mass is 382 g/mol. The first-order valence-corrected chi connectivity index (χ1v) is 10.1. The van der Waals surface area contributed by atoms with Gasteiger partial charge in [-0.1, -0.05) is 48.5 Å². The number of hydrogen-bond acceptors (Lipinski definition) is 4. The Hall–Kier alpha value is -1.39. The maximum atomic E-state index is 13.5. The maximum absolute atomic E-state index is 13.5. The van der Waals surface area contributed by atoms with Crippen LogP contribution in [-0.2, 0) is 19.1 Å². The Morgan fingerprint density at radius 3 is 1.96 bits per heavy atom. The Labute approximate surface area is 164 Å². The SMILES string of the molecule is CC(C)(C)CC(C)(C(=O)C1CC[C@@H]1CCOC(=O)CCC(=O)O)C(C)(C)C. The predicted octanol–water partition coefficient (Wildman–Crippen LogP) is 4.87. The first-order chi connectivity index (χ1) is 12.2. The molecule has 156 valence electrons. The summed E-state index contributed by atoms with van der Waals surface area (Å²) in [6.45, 7) is 15.4. The topological polar surface area (TPSA) is 80.7 Å². The second kappa shape index (κ2) is 8.74. The summed E-state index contributed by atoms with van der Waals surface area (Å²) < 4.78 is 5.15. The highest BCUT2D eigenvalue weighted by Crippen LogP contribution is 2.52. The van der Waals surface area contributed by atoms with Crippen LogP contribution in [0.2, 0.25) is 0 Å². The molecule has 3 atom stereocenters. The number of aliphatic carboxylic acids is 1. The minimum atomic E-state index is -1.00. The van der Waals surface area contributed by atoms with E-state index in [1.165, 1.54) is 0 Å². The van der Waals surface area contributed by atoms with Crippen molar-refractivity contribution in [3.63, 3.8) is 0 Å². The van der Waals surface area contributed by atoms with Crippen molar-refractivity contribution in [1.82, 2.24) is 0 Å². The number of ether oxygens (including phenoxy) is 1. The Bertz CT molecular complexity index is 552. The molecule has 0 aromatic rings. The van der Waals surface area contributed by atoms with E-state index < -0.39 is 17.4 Å².